The Kier molecular flexibility index (Phi) is 5.67. The monoisotopic (exact) mass is 311 g/mol. The van der Waals surface area contributed by atoms with Gasteiger partial charge in [0.2, 0.25) is 5.91 Å². The van der Waals surface area contributed by atoms with Gasteiger partial charge in [0.25, 0.3) is 0 Å². The topological polar surface area (TPSA) is 70.7 Å². The Morgan fingerprint density at radius 1 is 1.27 bits per heavy atom. The second kappa shape index (κ2) is 7.31. The zero-order valence-corrected chi connectivity index (χ0v) is 14.0. The zero-order valence-electron chi connectivity index (χ0n) is 14.0. The molecule has 0 bridgehead atoms. The molecular weight excluding hydrogens is 282 g/mol. The number of hydrogen-bond donors (Lipinski definition) is 2. The van der Waals surface area contributed by atoms with E-state index < -0.39 is 5.60 Å². The van der Waals surface area contributed by atoms with Gasteiger partial charge < -0.3 is 15.4 Å². The summed E-state index contributed by atoms with van der Waals surface area (Å²) in [6, 6.07) is -0.383. The van der Waals surface area contributed by atoms with Gasteiger partial charge in [-0.05, 0) is 65.5 Å². The minimum absolute atomic E-state index is 0.0473. The Morgan fingerprint density at radius 2 is 2.05 bits per heavy atom. The average Bonchev–Trinajstić information content (AvgIpc) is 2.93. The molecular formula is C16H29N3O3. The van der Waals surface area contributed by atoms with Crippen LogP contribution < -0.4 is 10.6 Å². The van der Waals surface area contributed by atoms with Gasteiger partial charge in [0.1, 0.15) is 11.6 Å². The third kappa shape index (κ3) is 4.87. The molecule has 0 saturated carbocycles. The molecule has 0 aliphatic carbocycles. The number of piperidine rings is 1. The molecule has 6 heteroatoms. The van der Waals surface area contributed by atoms with Crippen LogP contribution in [0.2, 0.25) is 0 Å². The van der Waals surface area contributed by atoms with Crippen LogP contribution >= 0.6 is 0 Å². The molecule has 0 aromatic carbocycles. The summed E-state index contributed by atoms with van der Waals surface area (Å²) in [5.41, 5.74) is -0.533. The van der Waals surface area contributed by atoms with Crippen molar-refractivity contribution in [3.63, 3.8) is 0 Å². The van der Waals surface area contributed by atoms with E-state index in [2.05, 4.69) is 10.6 Å². The van der Waals surface area contributed by atoms with Gasteiger partial charge in [0, 0.05) is 13.1 Å². The van der Waals surface area contributed by atoms with E-state index in [9.17, 15) is 9.59 Å². The standard InChI is InChI=1S/C16H29N3O3/c1-16(2,3)22-15(21)19-9-5-7-13(19)14(20)18-11-12-6-4-8-17-10-12/h12-13,17H,4-11H2,1-3H3,(H,18,20)/t12-,13+/m1/s1. The van der Waals surface area contributed by atoms with Crippen LogP contribution in [-0.2, 0) is 9.53 Å². The van der Waals surface area contributed by atoms with Crippen LogP contribution in [0.4, 0.5) is 4.79 Å². The minimum atomic E-state index is -0.533. The van der Waals surface area contributed by atoms with E-state index in [1.54, 1.807) is 4.90 Å². The molecule has 2 amide bonds. The van der Waals surface area contributed by atoms with Crippen molar-refractivity contribution in [1.29, 1.82) is 0 Å². The smallest absolute Gasteiger partial charge is 0.410 e. The van der Waals surface area contributed by atoms with Crippen LogP contribution in [0.1, 0.15) is 46.5 Å². The number of amides is 2. The lowest BCUT2D eigenvalue weighted by molar-refractivity contribution is -0.125. The SMILES string of the molecule is CC(C)(C)OC(=O)N1CCC[C@H]1C(=O)NC[C@@H]1CCCNC1. The van der Waals surface area contributed by atoms with E-state index in [4.69, 9.17) is 4.74 Å². The third-order valence-corrected chi connectivity index (χ3v) is 4.15. The van der Waals surface area contributed by atoms with Crippen molar-refractivity contribution < 1.29 is 14.3 Å². The van der Waals surface area contributed by atoms with Gasteiger partial charge in [0.05, 0.1) is 0 Å². The molecule has 0 aromatic heterocycles. The first-order valence-corrected chi connectivity index (χ1v) is 8.35. The van der Waals surface area contributed by atoms with Crippen LogP contribution in [-0.4, -0.2) is 54.7 Å². The zero-order chi connectivity index (χ0) is 16.2. The van der Waals surface area contributed by atoms with Crippen molar-refractivity contribution in [1.82, 2.24) is 15.5 Å². The fraction of sp³-hybridized carbons (Fsp3) is 0.875. The van der Waals surface area contributed by atoms with Crippen LogP contribution in [0.3, 0.4) is 0 Å². The lowest BCUT2D eigenvalue weighted by Crippen LogP contribution is -2.49. The van der Waals surface area contributed by atoms with Crippen molar-refractivity contribution in [2.24, 2.45) is 5.92 Å². The van der Waals surface area contributed by atoms with E-state index in [1.807, 2.05) is 20.8 Å². The van der Waals surface area contributed by atoms with Crippen LogP contribution in [0, 0.1) is 5.92 Å². The summed E-state index contributed by atoms with van der Waals surface area (Å²) >= 11 is 0. The van der Waals surface area contributed by atoms with Gasteiger partial charge in [-0.2, -0.15) is 0 Å². The highest BCUT2D eigenvalue weighted by Crippen LogP contribution is 2.21. The molecule has 2 atom stereocenters. The number of carbonyl (C=O) groups excluding carboxylic acids is 2. The minimum Gasteiger partial charge on any atom is -0.444 e. The van der Waals surface area contributed by atoms with Crippen LogP contribution in [0.15, 0.2) is 0 Å². The molecule has 0 aromatic rings. The normalized spacial score (nSPS) is 25.9. The Labute approximate surface area is 132 Å². The molecule has 2 rings (SSSR count). The second-order valence-corrected chi connectivity index (χ2v) is 7.29. The summed E-state index contributed by atoms with van der Waals surface area (Å²) in [5.74, 6) is 0.447. The Morgan fingerprint density at radius 3 is 2.68 bits per heavy atom. The number of ether oxygens (including phenoxy) is 1. The van der Waals surface area contributed by atoms with E-state index >= 15 is 0 Å². The highest BCUT2D eigenvalue weighted by molar-refractivity contribution is 5.86. The van der Waals surface area contributed by atoms with E-state index in [-0.39, 0.29) is 18.0 Å². The fourth-order valence-corrected chi connectivity index (χ4v) is 3.04. The molecule has 126 valence electrons. The highest BCUT2D eigenvalue weighted by Gasteiger charge is 2.36. The summed E-state index contributed by atoms with van der Waals surface area (Å²) in [6.45, 7) is 8.83. The molecule has 2 saturated heterocycles. The lowest BCUT2D eigenvalue weighted by atomic mass is 9.99. The van der Waals surface area contributed by atoms with Crippen molar-refractivity contribution in [2.45, 2.75) is 58.1 Å². The number of nitrogens with one attached hydrogen (secondary N) is 2. The van der Waals surface area contributed by atoms with Gasteiger partial charge in [-0.15, -0.1) is 0 Å². The molecule has 6 nitrogen and oxygen atoms in total. The summed E-state index contributed by atoms with van der Waals surface area (Å²) in [4.78, 5) is 26.2. The van der Waals surface area contributed by atoms with Crippen LogP contribution in [0.25, 0.3) is 0 Å². The Bertz CT molecular complexity index is 400. The highest BCUT2D eigenvalue weighted by atomic mass is 16.6. The Hall–Kier alpha value is -1.30. The molecule has 0 unspecified atom stereocenters. The molecule has 2 heterocycles. The van der Waals surface area contributed by atoms with E-state index in [0.29, 0.717) is 25.4 Å². The van der Waals surface area contributed by atoms with Crippen molar-refractivity contribution >= 4 is 12.0 Å². The first kappa shape index (κ1) is 17.1. The molecule has 2 aliphatic rings. The molecule has 2 aliphatic heterocycles. The maximum Gasteiger partial charge on any atom is 0.410 e. The quantitative estimate of drug-likeness (QED) is 0.829. The lowest BCUT2D eigenvalue weighted by Gasteiger charge is -2.29. The van der Waals surface area contributed by atoms with Crippen molar-refractivity contribution in [3.8, 4) is 0 Å². The summed E-state index contributed by atoms with van der Waals surface area (Å²) in [6.07, 6.45) is 3.49. The summed E-state index contributed by atoms with van der Waals surface area (Å²) in [7, 11) is 0. The molecule has 2 N–H and O–H groups in total. The van der Waals surface area contributed by atoms with E-state index in [0.717, 1.165) is 32.4 Å². The number of hydrogen-bond acceptors (Lipinski definition) is 4. The van der Waals surface area contributed by atoms with Crippen LogP contribution in [0.5, 0.6) is 0 Å². The van der Waals surface area contributed by atoms with E-state index in [1.165, 1.54) is 0 Å². The van der Waals surface area contributed by atoms with Gasteiger partial charge in [-0.3, -0.25) is 9.69 Å². The number of rotatable bonds is 3. The maximum atomic E-state index is 12.4. The van der Waals surface area contributed by atoms with Gasteiger partial charge in [0.15, 0.2) is 0 Å². The van der Waals surface area contributed by atoms with Gasteiger partial charge >= 0.3 is 6.09 Å². The summed E-state index contributed by atoms with van der Waals surface area (Å²) in [5, 5.41) is 6.36. The predicted octanol–water partition coefficient (Wildman–Crippen LogP) is 1.50. The summed E-state index contributed by atoms with van der Waals surface area (Å²) < 4.78 is 5.39. The average molecular weight is 311 g/mol. The third-order valence-electron chi connectivity index (χ3n) is 4.15. The predicted molar refractivity (Wildman–Crippen MR) is 84.6 cm³/mol. The van der Waals surface area contributed by atoms with Crippen molar-refractivity contribution in [3.05, 3.63) is 0 Å². The largest absolute Gasteiger partial charge is 0.444 e. The molecule has 2 fully saturated rings. The van der Waals surface area contributed by atoms with Crippen molar-refractivity contribution in [2.75, 3.05) is 26.2 Å². The second-order valence-electron chi connectivity index (χ2n) is 7.29. The number of nitrogens with zero attached hydrogens (tertiary/aromatic N) is 1. The first-order chi connectivity index (χ1) is 10.4. The number of carbonyl (C=O) groups is 2. The molecule has 22 heavy (non-hydrogen) atoms. The van der Waals surface area contributed by atoms with Gasteiger partial charge in [-0.1, -0.05) is 0 Å². The van der Waals surface area contributed by atoms with Gasteiger partial charge in [-0.25, -0.2) is 4.79 Å². The first-order valence-electron chi connectivity index (χ1n) is 8.35. The fourth-order valence-electron chi connectivity index (χ4n) is 3.04. The molecule has 0 spiro atoms. The maximum absolute atomic E-state index is 12.4. The Balaban J connectivity index is 1.83. The molecule has 0 radical (unpaired) electrons. The number of likely N-dealkylation sites (tertiary alicyclic amines) is 1.